The van der Waals surface area contributed by atoms with Crippen LogP contribution >= 0.6 is 11.3 Å². The maximum absolute atomic E-state index is 14.0. The quantitative estimate of drug-likeness (QED) is 0.276. The number of nitriles is 1. The number of hydrogen-bond acceptors (Lipinski definition) is 9. The molecule has 2 amide bonds. The third-order valence-corrected chi connectivity index (χ3v) is 12.1. The minimum Gasteiger partial charge on any atom is -0.389 e. The van der Waals surface area contributed by atoms with E-state index >= 15 is 0 Å². The summed E-state index contributed by atoms with van der Waals surface area (Å²) in [6, 6.07) is 7.89. The first kappa shape index (κ1) is 30.7. The molecule has 2 aromatic heterocycles. The van der Waals surface area contributed by atoms with Crippen molar-refractivity contribution in [1.29, 1.82) is 5.26 Å². The zero-order valence-corrected chi connectivity index (χ0v) is 27.4. The molecule has 1 saturated carbocycles. The molecule has 0 aromatic carbocycles. The van der Waals surface area contributed by atoms with E-state index in [1.807, 2.05) is 17.9 Å². The van der Waals surface area contributed by atoms with E-state index in [2.05, 4.69) is 38.4 Å². The standard InChI is InChI=1S/C34H43N9O2S/c1-3-29(44)41-13-11-40(12-14-41)22-16-26(38-28(17-22)43-20-23-15-24(43)19-42(23)21-7-4-5-8-21)31(36)39-33(45)34(2)10-6-9-27-30(34)25(18-35)32(37)46-27/h3,16-17,21,23-24H,1,4-15,19-20,37H2,2H3,(H2,36,39,45)/t23?,24-,34?/m0/s1. The second kappa shape index (κ2) is 12.0. The van der Waals surface area contributed by atoms with Gasteiger partial charge in [-0.1, -0.05) is 19.4 Å². The maximum atomic E-state index is 14.0. The second-order valence-electron chi connectivity index (χ2n) is 13.7. The molecule has 242 valence electrons. The van der Waals surface area contributed by atoms with Crippen molar-refractivity contribution in [1.82, 2.24) is 14.8 Å². The first-order valence-corrected chi connectivity index (χ1v) is 17.4. The normalized spacial score (nSPS) is 26.8. The number of carbonyl (C=O) groups excluding carboxylic acids is 2. The molecule has 2 bridgehead atoms. The average Bonchev–Trinajstić information content (AvgIpc) is 3.88. The molecule has 2 unspecified atom stereocenters. The van der Waals surface area contributed by atoms with E-state index in [0.29, 0.717) is 72.5 Å². The fourth-order valence-electron chi connectivity index (χ4n) is 8.54. The van der Waals surface area contributed by atoms with Gasteiger partial charge >= 0.3 is 0 Å². The molecule has 0 spiro atoms. The Kier molecular flexibility index (Phi) is 8.01. The summed E-state index contributed by atoms with van der Waals surface area (Å²) >= 11 is 1.39. The lowest BCUT2D eigenvalue weighted by atomic mass is 9.72. The van der Waals surface area contributed by atoms with Crippen LogP contribution in [0, 0.1) is 11.3 Å². The van der Waals surface area contributed by atoms with Gasteiger partial charge in [-0.15, -0.1) is 11.3 Å². The van der Waals surface area contributed by atoms with E-state index < -0.39 is 5.41 Å². The van der Waals surface area contributed by atoms with Gasteiger partial charge in [-0.25, -0.2) is 4.98 Å². The molecule has 4 N–H and O–H groups in total. The van der Waals surface area contributed by atoms with Crippen molar-refractivity contribution < 1.29 is 9.59 Å². The van der Waals surface area contributed by atoms with Crippen LogP contribution < -0.4 is 21.3 Å². The maximum Gasteiger partial charge on any atom is 0.258 e. The van der Waals surface area contributed by atoms with Gasteiger partial charge in [0, 0.05) is 79.6 Å². The fraction of sp³-hybridized carbons (Fsp3) is 0.559. The topological polar surface area (TPSA) is 148 Å². The van der Waals surface area contributed by atoms with Crippen LogP contribution in [0.2, 0.25) is 0 Å². The summed E-state index contributed by atoms with van der Waals surface area (Å²) in [4.78, 5) is 45.9. The van der Waals surface area contributed by atoms with Crippen molar-refractivity contribution in [2.45, 2.75) is 81.8 Å². The fourth-order valence-corrected chi connectivity index (χ4v) is 9.73. The van der Waals surface area contributed by atoms with Gasteiger partial charge in [0.1, 0.15) is 22.6 Å². The number of piperazine rings is 2. The zero-order chi connectivity index (χ0) is 32.2. The lowest BCUT2D eigenvalue weighted by Crippen LogP contribution is -2.50. The van der Waals surface area contributed by atoms with Crippen molar-refractivity contribution >= 4 is 45.5 Å². The van der Waals surface area contributed by atoms with Crippen LogP contribution in [0.4, 0.5) is 16.5 Å². The number of fused-ring (bicyclic) bond motifs is 3. The van der Waals surface area contributed by atoms with Crippen LogP contribution in [0.25, 0.3) is 0 Å². The van der Waals surface area contributed by atoms with Crippen molar-refractivity contribution in [2.24, 2.45) is 10.7 Å². The summed E-state index contributed by atoms with van der Waals surface area (Å²) in [5.41, 5.74) is 14.4. The molecule has 4 fully saturated rings. The van der Waals surface area contributed by atoms with Crippen LogP contribution in [-0.4, -0.2) is 89.8 Å². The number of hydrogen-bond donors (Lipinski definition) is 2. The van der Waals surface area contributed by atoms with Gasteiger partial charge in [0.15, 0.2) is 5.84 Å². The average molecular weight is 642 g/mol. The number of thiophene rings is 1. The first-order chi connectivity index (χ1) is 22.2. The van der Waals surface area contributed by atoms with Crippen LogP contribution in [0.15, 0.2) is 29.8 Å². The van der Waals surface area contributed by atoms with Gasteiger partial charge in [0.2, 0.25) is 5.91 Å². The SMILES string of the molecule is C=CC(=O)N1CCN(c2cc(C(N)=NC(=O)C3(C)CCCc4sc(N)c(C#N)c43)nc(N3CC4C[C@H]3CN4C3CCCC3)c2)CC1. The Morgan fingerprint density at radius 2 is 1.89 bits per heavy atom. The van der Waals surface area contributed by atoms with Gasteiger partial charge in [-0.05, 0) is 57.6 Å². The minimum atomic E-state index is -0.982. The predicted molar refractivity (Wildman–Crippen MR) is 181 cm³/mol. The van der Waals surface area contributed by atoms with Crippen molar-refractivity contribution in [3.63, 3.8) is 0 Å². The third kappa shape index (κ3) is 5.23. The van der Waals surface area contributed by atoms with Crippen LogP contribution in [0.5, 0.6) is 0 Å². The molecule has 46 heavy (non-hydrogen) atoms. The summed E-state index contributed by atoms with van der Waals surface area (Å²) in [6.07, 6.45) is 9.93. The van der Waals surface area contributed by atoms with Crippen LogP contribution in [-0.2, 0) is 21.4 Å². The highest BCUT2D eigenvalue weighted by molar-refractivity contribution is 7.16. The highest BCUT2D eigenvalue weighted by Crippen LogP contribution is 2.46. The largest absolute Gasteiger partial charge is 0.389 e. The molecule has 2 aromatic rings. The van der Waals surface area contributed by atoms with Gasteiger partial charge in [0.05, 0.1) is 11.0 Å². The zero-order valence-electron chi connectivity index (χ0n) is 26.6. The summed E-state index contributed by atoms with van der Waals surface area (Å²) in [7, 11) is 0. The highest BCUT2D eigenvalue weighted by atomic mass is 32.1. The van der Waals surface area contributed by atoms with Crippen molar-refractivity contribution in [3.05, 3.63) is 46.5 Å². The molecule has 0 radical (unpaired) electrons. The first-order valence-electron chi connectivity index (χ1n) is 16.6. The van der Waals surface area contributed by atoms with E-state index in [9.17, 15) is 14.9 Å². The van der Waals surface area contributed by atoms with Gasteiger partial charge in [-0.3, -0.25) is 14.5 Å². The molecular weight excluding hydrogens is 599 g/mol. The number of aliphatic imine (C=N–C) groups is 1. The number of likely N-dealkylation sites (tertiary alicyclic amines) is 1. The van der Waals surface area contributed by atoms with E-state index in [1.165, 1.54) is 43.1 Å². The number of amidine groups is 1. The Morgan fingerprint density at radius 1 is 1.13 bits per heavy atom. The molecule has 5 heterocycles. The molecule has 5 aliphatic rings. The van der Waals surface area contributed by atoms with E-state index in [0.717, 1.165) is 48.7 Å². The van der Waals surface area contributed by atoms with Crippen LogP contribution in [0.1, 0.15) is 73.6 Å². The number of aromatic nitrogens is 1. The third-order valence-electron chi connectivity index (χ3n) is 11.0. The predicted octanol–water partition coefficient (Wildman–Crippen LogP) is 3.16. The lowest BCUT2D eigenvalue weighted by molar-refractivity contribution is -0.126. The van der Waals surface area contributed by atoms with E-state index in [1.54, 1.807) is 0 Å². The monoisotopic (exact) mass is 641 g/mol. The number of rotatable bonds is 6. The number of nitrogens with two attached hydrogens (primary N) is 2. The Bertz CT molecular complexity index is 1630. The van der Waals surface area contributed by atoms with Gasteiger partial charge < -0.3 is 26.2 Å². The Balaban J connectivity index is 1.20. The Hall–Kier alpha value is -3.95. The summed E-state index contributed by atoms with van der Waals surface area (Å²) in [5.74, 6) is 0.486. The highest BCUT2D eigenvalue weighted by Gasteiger charge is 2.47. The van der Waals surface area contributed by atoms with Gasteiger partial charge in [-0.2, -0.15) is 10.3 Å². The minimum absolute atomic E-state index is 0.0585. The number of carbonyl (C=O) groups is 2. The molecule has 11 nitrogen and oxygen atoms in total. The van der Waals surface area contributed by atoms with E-state index in [4.69, 9.17) is 16.5 Å². The molecular formula is C34H43N9O2S. The molecule has 2 aliphatic carbocycles. The number of pyridine rings is 1. The number of aryl methyl sites for hydroxylation is 1. The molecule has 3 saturated heterocycles. The van der Waals surface area contributed by atoms with Crippen LogP contribution in [0.3, 0.4) is 0 Å². The van der Waals surface area contributed by atoms with E-state index in [-0.39, 0.29) is 17.6 Å². The number of nitrogens with zero attached hydrogens (tertiary/aromatic N) is 7. The summed E-state index contributed by atoms with van der Waals surface area (Å²) < 4.78 is 0. The molecule has 12 heteroatoms. The number of amides is 2. The second-order valence-corrected chi connectivity index (χ2v) is 14.8. The summed E-state index contributed by atoms with van der Waals surface area (Å²) in [5, 5.41) is 10.3. The molecule has 3 aliphatic heterocycles. The molecule has 3 atom stereocenters. The van der Waals surface area contributed by atoms with Crippen molar-refractivity contribution in [2.75, 3.05) is 54.8 Å². The number of anilines is 3. The van der Waals surface area contributed by atoms with Crippen molar-refractivity contribution in [3.8, 4) is 6.07 Å². The van der Waals surface area contributed by atoms with Gasteiger partial charge in [0.25, 0.3) is 5.91 Å². The Morgan fingerprint density at radius 3 is 2.57 bits per heavy atom. The Labute approximate surface area is 274 Å². The summed E-state index contributed by atoms with van der Waals surface area (Å²) in [6.45, 7) is 9.98. The smallest absolute Gasteiger partial charge is 0.258 e. The molecule has 7 rings (SSSR count). The number of nitrogen functional groups attached to an aromatic ring is 1. The lowest BCUT2D eigenvalue weighted by Gasteiger charge is -2.39.